The lowest BCUT2D eigenvalue weighted by atomic mass is 10.2. The molecular formula is C16H11N3O3S2. The monoisotopic (exact) mass is 357 g/mol. The van der Waals surface area contributed by atoms with Crippen LogP contribution in [0.25, 0.3) is 6.08 Å². The van der Waals surface area contributed by atoms with E-state index < -0.39 is 11.8 Å². The third-order valence-corrected chi connectivity index (χ3v) is 4.42. The first kappa shape index (κ1) is 16.2. The van der Waals surface area contributed by atoms with E-state index >= 15 is 0 Å². The van der Waals surface area contributed by atoms with Crippen molar-refractivity contribution in [3.8, 4) is 5.75 Å². The van der Waals surface area contributed by atoms with Crippen LogP contribution in [0.5, 0.6) is 5.75 Å². The molecule has 2 amide bonds. The number of phenols is 1. The number of thioether (sulfide) groups is 1. The number of hydrogen-bond acceptors (Lipinski definition) is 6. The fourth-order valence-electron chi connectivity index (χ4n) is 2.00. The summed E-state index contributed by atoms with van der Waals surface area (Å²) in [5, 5.41) is 10.5. The molecule has 120 valence electrons. The zero-order valence-electron chi connectivity index (χ0n) is 12.2. The largest absolute Gasteiger partial charge is 0.508 e. The number of nitrogens with one attached hydrogen (secondary N) is 1. The smallest absolute Gasteiger partial charge is 0.285 e. The molecule has 0 spiro atoms. The SMILES string of the molecule is O=C(NN1C(=O)/C(=C/c2cccc(O)c2)SC1=S)c1ccncc1. The van der Waals surface area contributed by atoms with Crippen LogP contribution < -0.4 is 5.43 Å². The van der Waals surface area contributed by atoms with Gasteiger partial charge in [-0.3, -0.25) is 20.0 Å². The Bertz CT molecular complexity index is 853. The summed E-state index contributed by atoms with van der Waals surface area (Å²) in [5.41, 5.74) is 3.52. The van der Waals surface area contributed by atoms with Crippen LogP contribution >= 0.6 is 24.0 Å². The van der Waals surface area contributed by atoms with Crippen molar-refractivity contribution in [3.63, 3.8) is 0 Å². The third-order valence-electron chi connectivity index (χ3n) is 3.12. The van der Waals surface area contributed by atoms with Crippen LogP contribution in [-0.2, 0) is 4.79 Å². The lowest BCUT2D eigenvalue weighted by Crippen LogP contribution is -2.44. The minimum atomic E-state index is -0.452. The summed E-state index contributed by atoms with van der Waals surface area (Å²) < 4.78 is 0.230. The average molecular weight is 357 g/mol. The minimum Gasteiger partial charge on any atom is -0.508 e. The number of pyridine rings is 1. The predicted molar refractivity (Wildman–Crippen MR) is 94.8 cm³/mol. The fraction of sp³-hybridized carbons (Fsp3) is 0. The first-order valence-electron chi connectivity index (χ1n) is 6.82. The molecule has 0 aliphatic carbocycles. The first-order chi connectivity index (χ1) is 11.5. The summed E-state index contributed by atoms with van der Waals surface area (Å²) in [6, 6.07) is 9.57. The average Bonchev–Trinajstić information content (AvgIpc) is 2.83. The molecular weight excluding hydrogens is 346 g/mol. The number of benzene rings is 1. The van der Waals surface area contributed by atoms with Crippen LogP contribution in [-0.4, -0.2) is 31.2 Å². The predicted octanol–water partition coefficient (Wildman–Crippen LogP) is 2.33. The molecule has 8 heteroatoms. The van der Waals surface area contributed by atoms with Gasteiger partial charge in [-0.05, 0) is 48.1 Å². The molecule has 0 bridgehead atoms. The number of rotatable bonds is 3. The molecule has 0 unspecified atom stereocenters. The summed E-state index contributed by atoms with van der Waals surface area (Å²) >= 11 is 6.24. The van der Waals surface area contributed by atoms with Crippen LogP contribution in [0.3, 0.4) is 0 Å². The van der Waals surface area contributed by atoms with Crippen molar-refractivity contribution in [1.82, 2.24) is 15.4 Å². The van der Waals surface area contributed by atoms with Crippen molar-refractivity contribution in [3.05, 3.63) is 64.8 Å². The van der Waals surface area contributed by atoms with Gasteiger partial charge in [0.1, 0.15) is 5.75 Å². The van der Waals surface area contributed by atoms with Crippen molar-refractivity contribution in [2.75, 3.05) is 0 Å². The molecule has 2 heterocycles. The molecule has 1 fully saturated rings. The Labute approximate surface area is 147 Å². The third kappa shape index (κ3) is 3.44. The highest BCUT2D eigenvalue weighted by Gasteiger charge is 2.33. The topological polar surface area (TPSA) is 82.5 Å². The molecule has 1 aromatic heterocycles. The van der Waals surface area contributed by atoms with E-state index in [-0.39, 0.29) is 10.1 Å². The number of phenolic OH excluding ortho intramolecular Hbond substituents is 1. The molecule has 1 aliphatic rings. The van der Waals surface area contributed by atoms with Gasteiger partial charge in [0.15, 0.2) is 4.32 Å². The molecule has 0 saturated carbocycles. The molecule has 0 atom stereocenters. The van der Waals surface area contributed by atoms with Crippen LogP contribution in [0, 0.1) is 0 Å². The van der Waals surface area contributed by atoms with Crippen LogP contribution in [0.15, 0.2) is 53.7 Å². The maximum absolute atomic E-state index is 12.4. The highest BCUT2D eigenvalue weighted by atomic mass is 32.2. The van der Waals surface area contributed by atoms with E-state index in [2.05, 4.69) is 10.4 Å². The van der Waals surface area contributed by atoms with Gasteiger partial charge in [-0.1, -0.05) is 23.9 Å². The first-order valence-corrected chi connectivity index (χ1v) is 8.05. The lowest BCUT2D eigenvalue weighted by molar-refractivity contribution is -0.123. The van der Waals surface area contributed by atoms with Gasteiger partial charge < -0.3 is 5.11 Å². The summed E-state index contributed by atoms with van der Waals surface area (Å²) in [4.78, 5) is 28.8. The standard InChI is InChI=1S/C16H11N3O3S2/c20-12-3-1-2-10(8-12)9-13-15(22)19(16(23)24-13)18-14(21)11-4-6-17-7-5-11/h1-9,20H,(H,18,21)/b13-9-. The molecule has 24 heavy (non-hydrogen) atoms. The van der Waals surface area contributed by atoms with Gasteiger partial charge in [-0.25, -0.2) is 0 Å². The van der Waals surface area contributed by atoms with E-state index in [1.165, 1.54) is 36.7 Å². The molecule has 2 aromatic rings. The number of thiocarbonyl (C=S) groups is 1. The van der Waals surface area contributed by atoms with Gasteiger partial charge in [-0.2, -0.15) is 5.01 Å². The Hall–Kier alpha value is -2.71. The second-order valence-electron chi connectivity index (χ2n) is 4.79. The fourth-order valence-corrected chi connectivity index (χ4v) is 3.18. The second kappa shape index (κ2) is 6.81. The van der Waals surface area contributed by atoms with E-state index in [1.54, 1.807) is 18.2 Å². The van der Waals surface area contributed by atoms with Crippen LogP contribution in [0.1, 0.15) is 15.9 Å². The van der Waals surface area contributed by atoms with Gasteiger partial charge in [0.25, 0.3) is 11.8 Å². The summed E-state index contributed by atoms with van der Waals surface area (Å²) in [7, 11) is 0. The molecule has 6 nitrogen and oxygen atoms in total. The molecule has 1 aliphatic heterocycles. The van der Waals surface area contributed by atoms with Crippen molar-refractivity contribution >= 4 is 46.2 Å². The van der Waals surface area contributed by atoms with E-state index in [4.69, 9.17) is 12.2 Å². The van der Waals surface area contributed by atoms with Gasteiger partial charge in [-0.15, -0.1) is 0 Å². The van der Waals surface area contributed by atoms with Crippen LogP contribution in [0.4, 0.5) is 0 Å². The number of hydrazine groups is 1. The number of carbonyl (C=O) groups is 2. The Balaban J connectivity index is 1.78. The number of aromatic nitrogens is 1. The van der Waals surface area contributed by atoms with Crippen molar-refractivity contribution in [2.45, 2.75) is 0 Å². The quantitative estimate of drug-likeness (QED) is 0.648. The van der Waals surface area contributed by atoms with Crippen LogP contribution in [0.2, 0.25) is 0 Å². The summed E-state index contributed by atoms with van der Waals surface area (Å²) in [6.07, 6.45) is 4.58. The van der Waals surface area contributed by atoms with E-state index in [1.807, 2.05) is 0 Å². The van der Waals surface area contributed by atoms with Gasteiger partial charge in [0.05, 0.1) is 4.91 Å². The van der Waals surface area contributed by atoms with Crippen molar-refractivity contribution in [2.24, 2.45) is 0 Å². The van der Waals surface area contributed by atoms with Crippen molar-refractivity contribution in [1.29, 1.82) is 0 Å². The van der Waals surface area contributed by atoms with Gasteiger partial charge >= 0.3 is 0 Å². The highest BCUT2D eigenvalue weighted by molar-refractivity contribution is 8.26. The number of aromatic hydroxyl groups is 1. The number of amides is 2. The maximum atomic E-state index is 12.4. The molecule has 1 saturated heterocycles. The Morgan fingerprint density at radius 2 is 2.04 bits per heavy atom. The number of nitrogens with zero attached hydrogens (tertiary/aromatic N) is 2. The molecule has 0 radical (unpaired) electrons. The zero-order chi connectivity index (χ0) is 17.1. The van der Waals surface area contributed by atoms with Crippen molar-refractivity contribution < 1.29 is 14.7 Å². The maximum Gasteiger partial charge on any atom is 0.285 e. The number of hydrogen-bond donors (Lipinski definition) is 2. The van der Waals surface area contributed by atoms with E-state index in [9.17, 15) is 14.7 Å². The van der Waals surface area contributed by atoms with E-state index in [0.717, 1.165) is 16.8 Å². The second-order valence-corrected chi connectivity index (χ2v) is 6.46. The Morgan fingerprint density at radius 1 is 1.29 bits per heavy atom. The lowest BCUT2D eigenvalue weighted by Gasteiger charge is -2.15. The minimum absolute atomic E-state index is 0.102. The van der Waals surface area contributed by atoms with Gasteiger partial charge in [0, 0.05) is 18.0 Å². The molecule has 2 N–H and O–H groups in total. The summed E-state index contributed by atoms with van der Waals surface area (Å²) in [6.45, 7) is 0. The normalized spacial score (nSPS) is 15.8. The Morgan fingerprint density at radius 3 is 2.75 bits per heavy atom. The Kier molecular flexibility index (Phi) is 4.59. The molecule has 1 aromatic carbocycles. The van der Waals surface area contributed by atoms with Gasteiger partial charge in [0.2, 0.25) is 0 Å². The molecule has 3 rings (SSSR count). The number of carbonyl (C=O) groups excluding carboxylic acids is 2. The highest BCUT2D eigenvalue weighted by Crippen LogP contribution is 2.31. The van der Waals surface area contributed by atoms with E-state index in [0.29, 0.717) is 16.0 Å². The zero-order valence-corrected chi connectivity index (χ0v) is 13.8. The summed E-state index contributed by atoms with van der Waals surface area (Å²) in [5.74, 6) is -0.770.